The zero-order chi connectivity index (χ0) is 19.4. The molecule has 0 fully saturated rings. The molecule has 1 N–H and O–H groups in total. The molecular formula is C19H19N3O4S. The van der Waals surface area contributed by atoms with Crippen molar-refractivity contribution < 1.29 is 14.1 Å². The number of oxazole rings is 1. The van der Waals surface area contributed by atoms with Crippen molar-refractivity contribution in [2.24, 2.45) is 5.92 Å². The molecule has 3 rings (SSSR count). The Labute approximate surface area is 160 Å². The molecule has 7 nitrogen and oxygen atoms in total. The molecule has 1 heterocycles. The maximum atomic E-state index is 12.4. The van der Waals surface area contributed by atoms with Crippen LogP contribution in [0.1, 0.15) is 25.5 Å². The lowest BCUT2D eigenvalue weighted by molar-refractivity contribution is -0.384. The number of rotatable bonds is 7. The highest BCUT2D eigenvalue weighted by atomic mass is 32.2. The summed E-state index contributed by atoms with van der Waals surface area (Å²) in [5.74, 6) is 0.257. The van der Waals surface area contributed by atoms with E-state index in [2.05, 4.69) is 24.1 Å². The van der Waals surface area contributed by atoms with Crippen LogP contribution in [0.4, 0.5) is 5.69 Å². The minimum absolute atomic E-state index is 0.0484. The summed E-state index contributed by atoms with van der Waals surface area (Å²) in [6, 6.07) is 14.0. The van der Waals surface area contributed by atoms with Crippen molar-refractivity contribution in [2.45, 2.75) is 25.1 Å². The minimum Gasteiger partial charge on any atom is -0.431 e. The first kappa shape index (κ1) is 18.9. The number of non-ortho nitro benzene ring substituents is 1. The van der Waals surface area contributed by atoms with E-state index in [1.54, 1.807) is 0 Å². The van der Waals surface area contributed by atoms with Crippen LogP contribution in [0.15, 0.2) is 58.2 Å². The summed E-state index contributed by atoms with van der Waals surface area (Å²) in [6.07, 6.45) is 0. The second-order valence-electron chi connectivity index (χ2n) is 6.38. The maximum Gasteiger partial charge on any atom is 0.271 e. The average Bonchev–Trinajstić information content (AvgIpc) is 3.07. The topological polar surface area (TPSA) is 98.3 Å². The molecule has 0 aliphatic carbocycles. The molecule has 1 atom stereocenters. The second kappa shape index (κ2) is 8.22. The van der Waals surface area contributed by atoms with Gasteiger partial charge in [0.25, 0.3) is 10.9 Å². The van der Waals surface area contributed by atoms with Gasteiger partial charge in [0, 0.05) is 12.1 Å². The molecule has 1 amide bonds. The van der Waals surface area contributed by atoms with Crippen molar-refractivity contribution >= 4 is 34.5 Å². The van der Waals surface area contributed by atoms with Crippen LogP contribution in [0.2, 0.25) is 0 Å². The lowest BCUT2D eigenvalue weighted by Crippen LogP contribution is -2.32. The number of fused-ring (bicyclic) bond motifs is 1. The average molecular weight is 385 g/mol. The van der Waals surface area contributed by atoms with Crippen LogP contribution < -0.4 is 5.32 Å². The predicted molar refractivity (Wildman–Crippen MR) is 104 cm³/mol. The summed E-state index contributed by atoms with van der Waals surface area (Å²) in [5.41, 5.74) is 1.86. The molecule has 0 aliphatic rings. The standard InChI is InChI=1S/C19H19N3O4S/c1-12(2)18(13-6-4-3-5-7-13)21-17(23)11-27-19-20-15-10-14(22(24)25)8-9-16(15)26-19/h3-10,12,18H,11H2,1-2H3,(H,21,23). The van der Waals surface area contributed by atoms with Gasteiger partial charge in [-0.3, -0.25) is 14.9 Å². The Balaban J connectivity index is 1.64. The van der Waals surface area contributed by atoms with Crippen molar-refractivity contribution in [1.29, 1.82) is 0 Å². The molecule has 0 radical (unpaired) electrons. The summed E-state index contributed by atoms with van der Waals surface area (Å²) >= 11 is 1.16. The number of carbonyl (C=O) groups excluding carboxylic acids is 1. The predicted octanol–water partition coefficient (Wildman–Crippen LogP) is 4.34. The van der Waals surface area contributed by atoms with E-state index in [1.165, 1.54) is 18.2 Å². The number of benzene rings is 2. The highest BCUT2D eigenvalue weighted by Crippen LogP contribution is 2.27. The van der Waals surface area contributed by atoms with Crippen LogP contribution in [0, 0.1) is 16.0 Å². The number of nitro benzene ring substituents is 1. The van der Waals surface area contributed by atoms with Gasteiger partial charge in [0.2, 0.25) is 5.91 Å². The maximum absolute atomic E-state index is 12.4. The van der Waals surface area contributed by atoms with Gasteiger partial charge < -0.3 is 9.73 Å². The Bertz CT molecular complexity index is 956. The highest BCUT2D eigenvalue weighted by molar-refractivity contribution is 7.99. The van der Waals surface area contributed by atoms with Crippen molar-refractivity contribution in [3.63, 3.8) is 0 Å². The summed E-state index contributed by atoms with van der Waals surface area (Å²) in [6.45, 7) is 4.11. The largest absolute Gasteiger partial charge is 0.431 e. The fourth-order valence-corrected chi connectivity index (χ4v) is 3.36. The molecule has 0 saturated carbocycles. The van der Waals surface area contributed by atoms with Crippen LogP contribution in [-0.2, 0) is 4.79 Å². The van der Waals surface area contributed by atoms with Gasteiger partial charge >= 0.3 is 0 Å². The number of carbonyl (C=O) groups is 1. The molecule has 140 valence electrons. The van der Waals surface area contributed by atoms with Crippen molar-refractivity contribution in [3.8, 4) is 0 Å². The fraction of sp³-hybridized carbons (Fsp3) is 0.263. The smallest absolute Gasteiger partial charge is 0.271 e. The first-order valence-electron chi connectivity index (χ1n) is 8.46. The molecular weight excluding hydrogens is 366 g/mol. The van der Waals surface area contributed by atoms with E-state index < -0.39 is 4.92 Å². The molecule has 1 unspecified atom stereocenters. The number of aromatic nitrogens is 1. The molecule has 0 bridgehead atoms. The van der Waals surface area contributed by atoms with E-state index in [9.17, 15) is 14.9 Å². The lowest BCUT2D eigenvalue weighted by atomic mass is 9.96. The molecule has 0 saturated heterocycles. The summed E-state index contributed by atoms with van der Waals surface area (Å²) in [4.78, 5) is 26.9. The number of thioether (sulfide) groups is 1. The van der Waals surface area contributed by atoms with Crippen LogP contribution in [0.5, 0.6) is 0 Å². The number of amides is 1. The zero-order valence-corrected chi connectivity index (χ0v) is 15.7. The number of hydrogen-bond acceptors (Lipinski definition) is 6. The SMILES string of the molecule is CC(C)C(NC(=O)CSc1nc2cc([N+](=O)[O-])ccc2o1)c1ccccc1. The first-order chi connectivity index (χ1) is 12.9. The molecule has 8 heteroatoms. The van der Waals surface area contributed by atoms with Crippen LogP contribution in [-0.4, -0.2) is 21.6 Å². The van der Waals surface area contributed by atoms with E-state index >= 15 is 0 Å². The van der Waals surface area contributed by atoms with Crippen molar-refractivity contribution in [1.82, 2.24) is 10.3 Å². The van der Waals surface area contributed by atoms with Crippen LogP contribution in [0.25, 0.3) is 11.1 Å². The van der Waals surface area contributed by atoms with E-state index in [1.807, 2.05) is 30.3 Å². The Morgan fingerprint density at radius 2 is 2.00 bits per heavy atom. The minimum atomic E-state index is -0.482. The van der Waals surface area contributed by atoms with Crippen molar-refractivity contribution in [2.75, 3.05) is 5.75 Å². The Morgan fingerprint density at radius 1 is 1.26 bits per heavy atom. The zero-order valence-electron chi connectivity index (χ0n) is 14.9. The third-order valence-corrected chi connectivity index (χ3v) is 4.86. The van der Waals surface area contributed by atoms with E-state index in [0.29, 0.717) is 16.3 Å². The van der Waals surface area contributed by atoms with Crippen LogP contribution >= 0.6 is 11.8 Å². The monoisotopic (exact) mass is 385 g/mol. The third-order valence-electron chi connectivity index (χ3n) is 4.03. The van der Waals surface area contributed by atoms with Gasteiger partial charge in [-0.25, -0.2) is 4.98 Å². The van der Waals surface area contributed by atoms with E-state index in [-0.39, 0.29) is 29.3 Å². The number of nitrogens with zero attached hydrogens (tertiary/aromatic N) is 2. The van der Waals surface area contributed by atoms with Gasteiger partial charge in [-0.05, 0) is 17.5 Å². The Kier molecular flexibility index (Phi) is 5.75. The lowest BCUT2D eigenvalue weighted by Gasteiger charge is -2.22. The first-order valence-corrected chi connectivity index (χ1v) is 9.44. The Hall–Kier alpha value is -2.87. The quantitative estimate of drug-likeness (QED) is 0.369. The van der Waals surface area contributed by atoms with E-state index in [4.69, 9.17) is 4.42 Å². The normalized spacial score (nSPS) is 12.3. The molecule has 0 aliphatic heterocycles. The van der Waals surface area contributed by atoms with Gasteiger partial charge in [-0.1, -0.05) is 55.9 Å². The molecule has 1 aromatic heterocycles. The number of nitrogens with one attached hydrogen (secondary N) is 1. The van der Waals surface area contributed by atoms with Gasteiger partial charge in [-0.15, -0.1) is 0 Å². The van der Waals surface area contributed by atoms with Gasteiger partial charge in [0.1, 0.15) is 5.52 Å². The molecule has 0 spiro atoms. The fourth-order valence-electron chi connectivity index (χ4n) is 2.71. The molecule has 3 aromatic rings. The number of hydrogen-bond donors (Lipinski definition) is 1. The second-order valence-corrected chi connectivity index (χ2v) is 7.30. The number of nitro groups is 1. The van der Waals surface area contributed by atoms with Gasteiger partial charge in [0.15, 0.2) is 5.58 Å². The van der Waals surface area contributed by atoms with E-state index in [0.717, 1.165) is 17.3 Å². The Morgan fingerprint density at radius 3 is 2.67 bits per heavy atom. The van der Waals surface area contributed by atoms with Gasteiger partial charge in [0.05, 0.1) is 16.7 Å². The third kappa shape index (κ3) is 4.65. The summed E-state index contributed by atoms with van der Waals surface area (Å²) in [5, 5.41) is 14.2. The summed E-state index contributed by atoms with van der Waals surface area (Å²) < 4.78 is 5.54. The summed E-state index contributed by atoms with van der Waals surface area (Å²) in [7, 11) is 0. The molecule has 2 aromatic carbocycles. The van der Waals surface area contributed by atoms with Crippen LogP contribution in [0.3, 0.4) is 0 Å². The van der Waals surface area contributed by atoms with Crippen molar-refractivity contribution in [3.05, 3.63) is 64.2 Å². The highest BCUT2D eigenvalue weighted by Gasteiger charge is 2.19. The molecule has 27 heavy (non-hydrogen) atoms. The van der Waals surface area contributed by atoms with Gasteiger partial charge in [-0.2, -0.15) is 0 Å².